The Morgan fingerprint density at radius 1 is 1.43 bits per heavy atom. The molecule has 0 aromatic carbocycles. The van der Waals surface area contributed by atoms with E-state index in [0.717, 1.165) is 30.1 Å². The van der Waals surface area contributed by atoms with E-state index in [1.807, 2.05) is 4.90 Å². The summed E-state index contributed by atoms with van der Waals surface area (Å²) in [4.78, 5) is 13.4. The Labute approximate surface area is 124 Å². The molecule has 8 heteroatoms. The molecule has 1 aromatic heterocycles. The summed E-state index contributed by atoms with van der Waals surface area (Å²) < 4.78 is 30.4. The molecule has 7 nitrogen and oxygen atoms in total. The van der Waals surface area contributed by atoms with Gasteiger partial charge in [0.1, 0.15) is 5.76 Å². The van der Waals surface area contributed by atoms with Crippen LogP contribution in [0.5, 0.6) is 0 Å². The maximum absolute atomic E-state index is 12.0. The lowest BCUT2D eigenvalue weighted by Gasteiger charge is -2.32. The Balaban J connectivity index is 2.13. The van der Waals surface area contributed by atoms with Crippen molar-refractivity contribution in [1.82, 2.24) is 9.21 Å². The molecule has 0 spiro atoms. The molecule has 0 radical (unpaired) electrons. The number of carbonyl (C=O) groups is 1. The van der Waals surface area contributed by atoms with Crippen LogP contribution in [0.1, 0.15) is 25.0 Å². The molecule has 1 aromatic rings. The highest BCUT2D eigenvalue weighted by Gasteiger charge is 2.28. The van der Waals surface area contributed by atoms with Crippen LogP contribution in [0, 0.1) is 0 Å². The van der Waals surface area contributed by atoms with Gasteiger partial charge in [-0.3, -0.25) is 9.69 Å². The molecule has 2 rings (SSSR count). The zero-order valence-electron chi connectivity index (χ0n) is 12.3. The summed E-state index contributed by atoms with van der Waals surface area (Å²) in [6.07, 6.45) is 2.70. The van der Waals surface area contributed by atoms with E-state index in [2.05, 4.69) is 0 Å². The van der Waals surface area contributed by atoms with Crippen molar-refractivity contribution in [2.24, 2.45) is 5.73 Å². The summed E-state index contributed by atoms with van der Waals surface area (Å²) in [5.74, 6) is 0.172. The van der Waals surface area contributed by atoms with Gasteiger partial charge in [0, 0.05) is 14.1 Å². The summed E-state index contributed by atoms with van der Waals surface area (Å²) in [6, 6.07) is 2.76. The number of rotatable bonds is 5. The number of piperidine rings is 1. The number of hydrogen-bond donors (Lipinski definition) is 1. The Kier molecular flexibility index (Phi) is 4.70. The van der Waals surface area contributed by atoms with E-state index >= 15 is 0 Å². The number of amides is 1. The summed E-state index contributed by atoms with van der Waals surface area (Å²) in [6.45, 7) is 1.14. The molecule has 1 amide bonds. The van der Waals surface area contributed by atoms with E-state index in [1.54, 1.807) is 6.07 Å². The number of hydrogen-bond acceptors (Lipinski definition) is 5. The lowest BCUT2D eigenvalue weighted by molar-refractivity contribution is -0.124. The number of nitrogens with two attached hydrogens (primary N) is 1. The van der Waals surface area contributed by atoms with E-state index in [1.165, 1.54) is 20.2 Å². The SMILES string of the molecule is CN(C)S(=O)(=O)c1ccc(CN2CCCCC2C(N)=O)o1. The van der Waals surface area contributed by atoms with Crippen LogP contribution in [0.25, 0.3) is 0 Å². The van der Waals surface area contributed by atoms with Crippen molar-refractivity contribution in [1.29, 1.82) is 0 Å². The van der Waals surface area contributed by atoms with E-state index in [-0.39, 0.29) is 17.0 Å². The first-order valence-corrected chi connectivity index (χ1v) is 8.31. The van der Waals surface area contributed by atoms with E-state index in [9.17, 15) is 13.2 Å². The van der Waals surface area contributed by atoms with Gasteiger partial charge < -0.3 is 10.2 Å². The highest BCUT2D eigenvalue weighted by Crippen LogP contribution is 2.22. The monoisotopic (exact) mass is 315 g/mol. The van der Waals surface area contributed by atoms with Gasteiger partial charge in [-0.15, -0.1) is 0 Å². The Hall–Kier alpha value is -1.38. The van der Waals surface area contributed by atoms with Crippen LogP contribution < -0.4 is 5.73 Å². The molecule has 0 bridgehead atoms. The van der Waals surface area contributed by atoms with Crippen molar-refractivity contribution in [3.8, 4) is 0 Å². The molecule has 0 aliphatic carbocycles. The van der Waals surface area contributed by atoms with Crippen LogP contribution in [0.15, 0.2) is 21.6 Å². The highest BCUT2D eigenvalue weighted by molar-refractivity contribution is 7.88. The van der Waals surface area contributed by atoms with Crippen LogP contribution in [0.4, 0.5) is 0 Å². The first-order chi connectivity index (χ1) is 9.82. The molecule has 1 aliphatic rings. The third-order valence-electron chi connectivity index (χ3n) is 3.67. The minimum absolute atomic E-state index is 0.0878. The predicted octanol–water partition coefficient (Wildman–Crippen LogP) is 0.370. The summed E-state index contributed by atoms with van der Waals surface area (Å²) in [5.41, 5.74) is 5.41. The minimum atomic E-state index is -3.57. The molecule has 2 N–H and O–H groups in total. The number of sulfonamides is 1. The van der Waals surface area contributed by atoms with Crippen LogP contribution in [-0.2, 0) is 21.4 Å². The first kappa shape index (κ1) is 16.0. The molecule has 1 unspecified atom stereocenters. The summed E-state index contributed by atoms with van der Waals surface area (Å²) >= 11 is 0. The average Bonchev–Trinajstić information content (AvgIpc) is 2.88. The van der Waals surface area contributed by atoms with Crippen molar-refractivity contribution < 1.29 is 17.6 Å². The van der Waals surface area contributed by atoms with Crippen molar-refractivity contribution in [3.63, 3.8) is 0 Å². The number of primary amides is 1. The maximum atomic E-state index is 12.0. The van der Waals surface area contributed by atoms with Crippen molar-refractivity contribution in [3.05, 3.63) is 17.9 Å². The van der Waals surface area contributed by atoms with Crippen LogP contribution in [-0.4, -0.2) is 50.2 Å². The second-order valence-electron chi connectivity index (χ2n) is 5.39. The van der Waals surface area contributed by atoms with Gasteiger partial charge in [0.2, 0.25) is 11.0 Å². The Bertz CT molecular complexity index is 609. The van der Waals surface area contributed by atoms with Crippen molar-refractivity contribution in [2.75, 3.05) is 20.6 Å². The van der Waals surface area contributed by atoms with E-state index in [4.69, 9.17) is 10.2 Å². The van der Waals surface area contributed by atoms with Gasteiger partial charge in [0.25, 0.3) is 10.0 Å². The average molecular weight is 315 g/mol. The molecule has 21 heavy (non-hydrogen) atoms. The Morgan fingerprint density at radius 3 is 2.76 bits per heavy atom. The fourth-order valence-corrected chi connectivity index (χ4v) is 3.28. The number of carbonyl (C=O) groups excluding carboxylic acids is 1. The summed E-state index contributed by atoms with van der Waals surface area (Å²) in [5, 5.41) is -0.0878. The van der Waals surface area contributed by atoms with Crippen LogP contribution in [0.2, 0.25) is 0 Å². The zero-order chi connectivity index (χ0) is 15.6. The van der Waals surface area contributed by atoms with Gasteiger partial charge in [0.05, 0.1) is 12.6 Å². The lowest BCUT2D eigenvalue weighted by atomic mass is 10.0. The van der Waals surface area contributed by atoms with Gasteiger partial charge in [-0.25, -0.2) is 12.7 Å². The van der Waals surface area contributed by atoms with Gasteiger partial charge in [-0.05, 0) is 31.5 Å². The number of likely N-dealkylation sites (tertiary alicyclic amines) is 1. The molecule has 1 fully saturated rings. The van der Waals surface area contributed by atoms with Gasteiger partial charge in [-0.1, -0.05) is 6.42 Å². The molecule has 1 aliphatic heterocycles. The number of furan rings is 1. The predicted molar refractivity (Wildman–Crippen MR) is 76.8 cm³/mol. The van der Waals surface area contributed by atoms with Gasteiger partial charge in [-0.2, -0.15) is 0 Å². The molecular weight excluding hydrogens is 294 g/mol. The van der Waals surface area contributed by atoms with E-state index < -0.39 is 10.0 Å². The largest absolute Gasteiger partial charge is 0.447 e. The molecule has 2 heterocycles. The highest BCUT2D eigenvalue weighted by atomic mass is 32.2. The Morgan fingerprint density at radius 2 is 2.14 bits per heavy atom. The quantitative estimate of drug-likeness (QED) is 0.846. The smallest absolute Gasteiger partial charge is 0.275 e. The van der Waals surface area contributed by atoms with Crippen LogP contribution in [0.3, 0.4) is 0 Å². The van der Waals surface area contributed by atoms with Crippen LogP contribution >= 0.6 is 0 Å². The molecule has 1 saturated heterocycles. The van der Waals surface area contributed by atoms with Gasteiger partial charge in [0.15, 0.2) is 0 Å². The molecule has 0 saturated carbocycles. The topological polar surface area (TPSA) is 96.9 Å². The summed E-state index contributed by atoms with van der Waals surface area (Å²) in [7, 11) is -0.671. The third-order valence-corrected chi connectivity index (χ3v) is 5.36. The maximum Gasteiger partial charge on any atom is 0.275 e. The second kappa shape index (κ2) is 6.17. The van der Waals surface area contributed by atoms with Crippen molar-refractivity contribution >= 4 is 15.9 Å². The number of nitrogens with zero attached hydrogens (tertiary/aromatic N) is 2. The molecular formula is C13H21N3O4S. The second-order valence-corrected chi connectivity index (χ2v) is 7.48. The fraction of sp³-hybridized carbons (Fsp3) is 0.615. The van der Waals surface area contributed by atoms with E-state index in [0.29, 0.717) is 12.3 Å². The third kappa shape index (κ3) is 3.45. The van der Waals surface area contributed by atoms with Gasteiger partial charge >= 0.3 is 0 Å². The molecule has 1 atom stereocenters. The fourth-order valence-electron chi connectivity index (χ4n) is 2.46. The van der Waals surface area contributed by atoms with Crippen molar-refractivity contribution in [2.45, 2.75) is 36.9 Å². The standard InChI is InChI=1S/C13H21N3O4S/c1-15(2)21(18,19)12-7-6-10(20-12)9-16-8-4-3-5-11(16)13(14)17/h6-7,11H,3-5,8-9H2,1-2H3,(H2,14,17). The normalized spacial score (nSPS) is 20.8. The minimum Gasteiger partial charge on any atom is -0.447 e. The molecule has 118 valence electrons. The zero-order valence-corrected chi connectivity index (χ0v) is 13.1. The first-order valence-electron chi connectivity index (χ1n) is 6.87. The lowest BCUT2D eigenvalue weighted by Crippen LogP contribution is -2.47.